The monoisotopic (exact) mass is 420 g/mol. The Labute approximate surface area is 178 Å². The molecular formula is C23H22N3O5-. The van der Waals surface area contributed by atoms with Crippen LogP contribution in [-0.4, -0.2) is 38.4 Å². The van der Waals surface area contributed by atoms with Crippen LogP contribution in [0.1, 0.15) is 29.8 Å². The molecule has 3 aromatic rings. The van der Waals surface area contributed by atoms with Gasteiger partial charge in [0, 0.05) is 23.1 Å². The number of aromatic nitrogens is 1. The predicted molar refractivity (Wildman–Crippen MR) is 116 cm³/mol. The Morgan fingerprint density at radius 1 is 1.23 bits per heavy atom. The fourth-order valence-electron chi connectivity index (χ4n) is 4.29. The molecule has 1 atom stereocenters. The largest absolute Gasteiger partial charge is 0.733 e. The van der Waals surface area contributed by atoms with Crippen LogP contribution in [-0.2, 0) is 16.0 Å². The lowest BCUT2D eigenvalue weighted by Crippen LogP contribution is -2.33. The second-order valence-electron chi connectivity index (χ2n) is 7.61. The molecule has 1 unspecified atom stereocenters. The van der Waals surface area contributed by atoms with Crippen LogP contribution in [0.3, 0.4) is 0 Å². The summed E-state index contributed by atoms with van der Waals surface area (Å²) in [6, 6.07) is 13.0. The third kappa shape index (κ3) is 3.56. The van der Waals surface area contributed by atoms with Gasteiger partial charge >= 0.3 is 0 Å². The molecule has 31 heavy (non-hydrogen) atoms. The standard InChI is InChI=1S/C23H22N3O5/c1-13-17(18-8-3-4-9-19(18)24-13)10-11-25-21(20(14(2)27)22(28)23(25)29)15-6-5-7-16(12-15)26(30)31/h3-9,12,21,24,28,30H,10-11H2,1-2H3/q-1. The van der Waals surface area contributed by atoms with Gasteiger partial charge in [0.2, 0.25) is 0 Å². The molecule has 1 aromatic heterocycles. The van der Waals surface area contributed by atoms with Crippen molar-refractivity contribution in [2.45, 2.75) is 26.3 Å². The maximum Gasteiger partial charge on any atom is 0.290 e. The number of aliphatic hydroxyl groups is 1. The Kier molecular flexibility index (Phi) is 5.26. The Balaban J connectivity index is 1.71. The SMILES string of the molecule is CC(=O)C1=C(O)C(=O)N(CCc2c(C)[nH]c3ccccc23)C1c1cccc(N([O-])O)c1. The van der Waals surface area contributed by atoms with Crippen LogP contribution in [0.25, 0.3) is 10.9 Å². The zero-order chi connectivity index (χ0) is 22.3. The second-order valence-corrected chi connectivity index (χ2v) is 7.61. The minimum Gasteiger partial charge on any atom is -0.733 e. The van der Waals surface area contributed by atoms with Crippen LogP contribution in [0.2, 0.25) is 0 Å². The third-order valence-electron chi connectivity index (χ3n) is 5.72. The Bertz CT molecular complexity index is 1210. The van der Waals surface area contributed by atoms with Crippen molar-refractivity contribution in [3.63, 3.8) is 0 Å². The number of anilines is 1. The fourth-order valence-corrected chi connectivity index (χ4v) is 4.29. The summed E-state index contributed by atoms with van der Waals surface area (Å²) in [6.45, 7) is 3.50. The first-order chi connectivity index (χ1) is 14.8. The Morgan fingerprint density at radius 3 is 2.68 bits per heavy atom. The average Bonchev–Trinajstić information content (AvgIpc) is 3.19. The lowest BCUT2D eigenvalue weighted by molar-refractivity contribution is -0.129. The summed E-state index contributed by atoms with van der Waals surface area (Å²) >= 11 is 0. The normalized spacial score (nSPS) is 16.5. The highest BCUT2D eigenvalue weighted by molar-refractivity contribution is 6.08. The van der Waals surface area contributed by atoms with Gasteiger partial charge in [-0.15, -0.1) is 0 Å². The number of aliphatic hydroxyl groups excluding tert-OH is 1. The molecule has 2 heterocycles. The first kappa shape index (κ1) is 20.6. The number of fused-ring (bicyclic) bond motifs is 1. The number of hydrogen-bond acceptors (Lipinski definition) is 6. The molecule has 8 heteroatoms. The van der Waals surface area contributed by atoms with Gasteiger partial charge in [0.25, 0.3) is 5.91 Å². The number of H-pyrrole nitrogens is 1. The number of amides is 1. The number of benzene rings is 2. The zero-order valence-electron chi connectivity index (χ0n) is 17.1. The first-order valence-corrected chi connectivity index (χ1v) is 9.87. The molecule has 0 fully saturated rings. The summed E-state index contributed by atoms with van der Waals surface area (Å²) in [5.41, 5.74) is 3.42. The topological polar surface area (TPSA) is 120 Å². The lowest BCUT2D eigenvalue weighted by Gasteiger charge is -2.28. The number of hydrogen-bond donors (Lipinski definition) is 3. The second kappa shape index (κ2) is 7.90. The predicted octanol–water partition coefficient (Wildman–Crippen LogP) is 3.70. The molecule has 0 bridgehead atoms. The molecule has 0 aliphatic carbocycles. The van der Waals surface area contributed by atoms with Crippen molar-refractivity contribution in [3.8, 4) is 0 Å². The van der Waals surface area contributed by atoms with Crippen molar-refractivity contribution in [2.24, 2.45) is 0 Å². The third-order valence-corrected chi connectivity index (χ3v) is 5.72. The van der Waals surface area contributed by atoms with Gasteiger partial charge in [-0.1, -0.05) is 30.3 Å². The molecule has 3 N–H and O–H groups in total. The number of carbonyl (C=O) groups is 2. The van der Waals surface area contributed by atoms with Crippen molar-refractivity contribution in [3.05, 3.63) is 81.9 Å². The molecule has 0 saturated heterocycles. The van der Waals surface area contributed by atoms with Crippen molar-refractivity contribution in [1.29, 1.82) is 0 Å². The van der Waals surface area contributed by atoms with Gasteiger partial charge < -0.3 is 25.4 Å². The zero-order valence-corrected chi connectivity index (χ0v) is 17.1. The van der Waals surface area contributed by atoms with Gasteiger partial charge in [-0.2, -0.15) is 0 Å². The number of aryl methyl sites for hydroxylation is 1. The number of para-hydroxylation sites is 1. The number of carbonyl (C=O) groups excluding carboxylic acids is 2. The van der Waals surface area contributed by atoms with E-state index in [1.165, 1.54) is 24.0 Å². The quantitative estimate of drug-likeness (QED) is 0.523. The van der Waals surface area contributed by atoms with Gasteiger partial charge in [0.15, 0.2) is 11.5 Å². The van der Waals surface area contributed by atoms with E-state index in [2.05, 4.69) is 4.98 Å². The summed E-state index contributed by atoms with van der Waals surface area (Å²) in [4.78, 5) is 29.9. The summed E-state index contributed by atoms with van der Waals surface area (Å²) in [5, 5.41) is 31.8. The lowest BCUT2D eigenvalue weighted by atomic mass is 9.96. The molecule has 0 saturated carbocycles. The molecule has 1 aliphatic heterocycles. The highest BCUT2D eigenvalue weighted by Gasteiger charge is 2.42. The fraction of sp³-hybridized carbons (Fsp3) is 0.217. The van der Waals surface area contributed by atoms with E-state index in [1.807, 2.05) is 31.2 Å². The molecule has 4 rings (SSSR count). The highest BCUT2D eigenvalue weighted by Crippen LogP contribution is 2.39. The van der Waals surface area contributed by atoms with Gasteiger partial charge in [0.05, 0.1) is 17.3 Å². The summed E-state index contributed by atoms with van der Waals surface area (Å²) in [6.07, 6.45) is 0.504. The van der Waals surface area contributed by atoms with Crippen molar-refractivity contribution in [2.75, 3.05) is 11.8 Å². The molecule has 0 spiro atoms. The molecule has 2 aromatic carbocycles. The van der Waals surface area contributed by atoms with Gasteiger partial charge in [0.1, 0.15) is 0 Å². The smallest absolute Gasteiger partial charge is 0.290 e. The van der Waals surface area contributed by atoms with E-state index >= 15 is 0 Å². The Hall–Kier alpha value is -3.62. The molecular weight excluding hydrogens is 398 g/mol. The summed E-state index contributed by atoms with van der Waals surface area (Å²) < 4.78 is 0. The number of aromatic amines is 1. The van der Waals surface area contributed by atoms with Gasteiger partial charge in [-0.25, -0.2) is 0 Å². The molecule has 160 valence electrons. The minimum absolute atomic E-state index is 0.0202. The van der Waals surface area contributed by atoms with E-state index in [1.54, 1.807) is 12.1 Å². The number of ketones is 1. The van der Waals surface area contributed by atoms with E-state index < -0.39 is 23.5 Å². The van der Waals surface area contributed by atoms with Crippen molar-refractivity contribution < 1.29 is 19.9 Å². The van der Waals surface area contributed by atoms with Crippen LogP contribution < -0.4 is 5.23 Å². The molecule has 0 radical (unpaired) electrons. The van der Waals surface area contributed by atoms with Crippen molar-refractivity contribution in [1.82, 2.24) is 9.88 Å². The average molecular weight is 420 g/mol. The number of Topliss-reactive ketones (excluding diaryl/α,β-unsaturated/α-hetero) is 1. The number of nitrogens with zero attached hydrogens (tertiary/aromatic N) is 2. The van der Waals surface area contributed by atoms with Crippen LogP contribution in [0.15, 0.2) is 59.9 Å². The van der Waals surface area contributed by atoms with E-state index in [0.717, 1.165) is 22.2 Å². The summed E-state index contributed by atoms with van der Waals surface area (Å²) in [5.74, 6) is -1.65. The minimum atomic E-state index is -0.851. The number of rotatable bonds is 6. The highest BCUT2D eigenvalue weighted by atomic mass is 16.8. The van der Waals surface area contributed by atoms with Gasteiger partial charge in [-0.3, -0.25) is 14.8 Å². The first-order valence-electron chi connectivity index (χ1n) is 9.87. The van der Waals surface area contributed by atoms with Crippen molar-refractivity contribution >= 4 is 28.3 Å². The molecule has 8 nitrogen and oxygen atoms in total. The van der Waals surface area contributed by atoms with Crippen LogP contribution in [0.5, 0.6) is 0 Å². The van der Waals surface area contributed by atoms with E-state index in [0.29, 0.717) is 12.0 Å². The van der Waals surface area contributed by atoms with Gasteiger partial charge in [-0.05, 0) is 49.6 Å². The van der Waals surface area contributed by atoms with E-state index in [9.17, 15) is 25.1 Å². The molecule has 1 aliphatic rings. The van der Waals surface area contributed by atoms with E-state index in [-0.39, 0.29) is 23.0 Å². The summed E-state index contributed by atoms with van der Waals surface area (Å²) in [7, 11) is 0. The maximum atomic E-state index is 12.9. The van der Waals surface area contributed by atoms with Crippen LogP contribution in [0, 0.1) is 12.1 Å². The van der Waals surface area contributed by atoms with Crippen LogP contribution in [0.4, 0.5) is 5.69 Å². The number of nitrogens with one attached hydrogen (secondary N) is 1. The maximum absolute atomic E-state index is 12.9. The van der Waals surface area contributed by atoms with E-state index in [4.69, 9.17) is 0 Å². The van der Waals surface area contributed by atoms with Crippen LogP contribution >= 0.6 is 0 Å². The Morgan fingerprint density at radius 2 is 1.97 bits per heavy atom. The molecule has 1 amide bonds.